The highest BCUT2D eigenvalue weighted by molar-refractivity contribution is 7.92. The van der Waals surface area contributed by atoms with Crippen molar-refractivity contribution in [2.75, 3.05) is 11.8 Å². The Bertz CT molecular complexity index is 870. The van der Waals surface area contributed by atoms with Crippen molar-refractivity contribution in [3.63, 3.8) is 0 Å². The van der Waals surface area contributed by atoms with Gasteiger partial charge in [0.2, 0.25) is 5.91 Å². The van der Waals surface area contributed by atoms with Crippen LogP contribution in [-0.4, -0.2) is 21.4 Å². The van der Waals surface area contributed by atoms with Crippen molar-refractivity contribution in [2.24, 2.45) is 0 Å². The molecule has 2 N–H and O–H groups in total. The molecule has 1 amide bonds. The zero-order valence-corrected chi connectivity index (χ0v) is 14.6. The maximum Gasteiger partial charge on any atom is 0.261 e. The van der Waals surface area contributed by atoms with E-state index in [2.05, 4.69) is 10.0 Å². The molecule has 126 valence electrons. The molecular formula is C18H20N2O3S. The highest BCUT2D eigenvalue weighted by Crippen LogP contribution is 2.21. The van der Waals surface area contributed by atoms with E-state index in [9.17, 15) is 13.2 Å². The molecule has 24 heavy (non-hydrogen) atoms. The third-order valence-corrected chi connectivity index (χ3v) is 4.87. The van der Waals surface area contributed by atoms with Crippen molar-refractivity contribution in [3.05, 3.63) is 65.2 Å². The Morgan fingerprint density at radius 1 is 1.04 bits per heavy atom. The second-order valence-corrected chi connectivity index (χ2v) is 7.12. The summed E-state index contributed by atoms with van der Waals surface area (Å²) in [5, 5.41) is 2.48. The zero-order valence-electron chi connectivity index (χ0n) is 13.8. The monoisotopic (exact) mass is 344 g/mol. The van der Waals surface area contributed by atoms with Crippen molar-refractivity contribution in [1.82, 2.24) is 5.32 Å². The van der Waals surface area contributed by atoms with Crippen molar-refractivity contribution >= 4 is 27.7 Å². The average Bonchev–Trinajstić information content (AvgIpc) is 2.55. The van der Waals surface area contributed by atoms with Crippen molar-refractivity contribution in [3.8, 4) is 0 Å². The molecule has 0 spiro atoms. The minimum absolute atomic E-state index is 0.166. The van der Waals surface area contributed by atoms with Crippen LogP contribution in [-0.2, 0) is 14.8 Å². The lowest BCUT2D eigenvalue weighted by atomic mass is 10.1. The van der Waals surface area contributed by atoms with Crippen molar-refractivity contribution in [2.45, 2.75) is 18.7 Å². The number of sulfonamides is 1. The number of hydrogen-bond acceptors (Lipinski definition) is 3. The number of benzene rings is 2. The van der Waals surface area contributed by atoms with Gasteiger partial charge in [0.25, 0.3) is 10.0 Å². The topological polar surface area (TPSA) is 75.3 Å². The van der Waals surface area contributed by atoms with E-state index in [1.807, 2.05) is 26.0 Å². The van der Waals surface area contributed by atoms with Crippen LogP contribution in [0.1, 0.15) is 16.7 Å². The van der Waals surface area contributed by atoms with Gasteiger partial charge in [0.15, 0.2) is 0 Å². The second kappa shape index (κ2) is 7.31. The molecule has 0 saturated carbocycles. The number of carbonyl (C=O) groups is 1. The molecule has 0 unspecified atom stereocenters. The van der Waals surface area contributed by atoms with Gasteiger partial charge < -0.3 is 5.32 Å². The summed E-state index contributed by atoms with van der Waals surface area (Å²) < 4.78 is 27.5. The van der Waals surface area contributed by atoms with E-state index in [1.165, 1.54) is 18.2 Å². The summed E-state index contributed by atoms with van der Waals surface area (Å²) in [5.41, 5.74) is 3.24. The molecule has 0 bridgehead atoms. The van der Waals surface area contributed by atoms with E-state index in [0.29, 0.717) is 5.69 Å². The first-order valence-electron chi connectivity index (χ1n) is 7.42. The van der Waals surface area contributed by atoms with Crippen LogP contribution in [0.4, 0.5) is 5.69 Å². The molecule has 0 aliphatic rings. The normalized spacial score (nSPS) is 11.5. The second-order valence-electron chi connectivity index (χ2n) is 5.44. The number of likely N-dealkylation sites (N-methyl/N-ethyl adjacent to an activating group) is 1. The minimum atomic E-state index is -3.65. The largest absolute Gasteiger partial charge is 0.356 e. The maximum atomic E-state index is 12.5. The number of nitrogens with one attached hydrogen (secondary N) is 2. The van der Waals surface area contributed by atoms with Gasteiger partial charge in [0.05, 0.1) is 10.6 Å². The number of amides is 1. The van der Waals surface area contributed by atoms with Gasteiger partial charge in [-0.15, -0.1) is 0 Å². The SMILES string of the molecule is CNC(=O)/C=C/c1ccc(S(=O)(=O)Nc2ccc(C)cc2C)cc1. The highest BCUT2D eigenvalue weighted by Gasteiger charge is 2.14. The van der Waals surface area contributed by atoms with Crippen molar-refractivity contribution < 1.29 is 13.2 Å². The van der Waals surface area contributed by atoms with Crippen molar-refractivity contribution in [1.29, 1.82) is 0 Å². The number of rotatable bonds is 5. The van der Waals surface area contributed by atoms with Gasteiger partial charge in [-0.05, 0) is 49.2 Å². The Morgan fingerprint density at radius 3 is 2.29 bits per heavy atom. The van der Waals surface area contributed by atoms with Crippen LogP contribution < -0.4 is 10.0 Å². The van der Waals surface area contributed by atoms with Gasteiger partial charge in [-0.2, -0.15) is 0 Å². The maximum absolute atomic E-state index is 12.5. The van der Waals surface area contributed by atoms with Crippen LogP contribution in [0.2, 0.25) is 0 Å². The molecule has 0 fully saturated rings. The third kappa shape index (κ3) is 4.45. The molecule has 2 aromatic rings. The van der Waals surface area contributed by atoms with Crippen LogP contribution in [0.3, 0.4) is 0 Å². The fraction of sp³-hybridized carbons (Fsp3) is 0.167. The number of anilines is 1. The average molecular weight is 344 g/mol. The summed E-state index contributed by atoms with van der Waals surface area (Å²) in [6, 6.07) is 11.8. The summed E-state index contributed by atoms with van der Waals surface area (Å²) in [5.74, 6) is -0.219. The third-order valence-electron chi connectivity index (χ3n) is 3.49. The Morgan fingerprint density at radius 2 is 1.71 bits per heavy atom. The van der Waals surface area contributed by atoms with Gasteiger partial charge in [0.1, 0.15) is 0 Å². The molecule has 0 aromatic heterocycles. The lowest BCUT2D eigenvalue weighted by Crippen LogP contribution is -2.14. The van der Waals surface area contributed by atoms with E-state index in [-0.39, 0.29) is 10.8 Å². The summed E-state index contributed by atoms with van der Waals surface area (Å²) >= 11 is 0. The molecule has 0 aliphatic carbocycles. The van der Waals surface area contributed by atoms with E-state index in [4.69, 9.17) is 0 Å². The van der Waals surface area contributed by atoms with Crippen LogP contribution in [0.5, 0.6) is 0 Å². The predicted molar refractivity (Wildman–Crippen MR) is 96.3 cm³/mol. The lowest BCUT2D eigenvalue weighted by molar-refractivity contribution is -0.115. The van der Waals surface area contributed by atoms with E-state index < -0.39 is 10.0 Å². The first-order valence-corrected chi connectivity index (χ1v) is 8.90. The quantitative estimate of drug-likeness (QED) is 0.819. The first-order chi connectivity index (χ1) is 11.3. The summed E-state index contributed by atoms with van der Waals surface area (Å²) in [6.07, 6.45) is 3.00. The van der Waals surface area contributed by atoms with Crippen LogP contribution in [0.25, 0.3) is 6.08 Å². The molecule has 6 heteroatoms. The smallest absolute Gasteiger partial charge is 0.261 e. The predicted octanol–water partition coefficient (Wildman–Crippen LogP) is 2.86. The fourth-order valence-corrected chi connectivity index (χ4v) is 3.28. The number of hydrogen-bond donors (Lipinski definition) is 2. The Labute approximate surface area is 142 Å². The molecule has 0 atom stereocenters. The lowest BCUT2D eigenvalue weighted by Gasteiger charge is -2.11. The van der Waals surface area contributed by atoms with Crippen LogP contribution >= 0.6 is 0 Å². The molecule has 0 radical (unpaired) electrons. The van der Waals surface area contributed by atoms with E-state index in [0.717, 1.165) is 16.7 Å². The first kappa shape index (κ1) is 17.7. The van der Waals surface area contributed by atoms with Gasteiger partial charge in [-0.25, -0.2) is 8.42 Å². The van der Waals surface area contributed by atoms with Crippen LogP contribution in [0, 0.1) is 13.8 Å². The van der Waals surface area contributed by atoms with Gasteiger partial charge >= 0.3 is 0 Å². The molecule has 2 rings (SSSR count). The Kier molecular flexibility index (Phi) is 5.41. The Hall–Kier alpha value is -2.60. The molecule has 2 aromatic carbocycles. The van der Waals surface area contributed by atoms with Gasteiger partial charge in [0, 0.05) is 13.1 Å². The zero-order chi connectivity index (χ0) is 17.7. The summed E-state index contributed by atoms with van der Waals surface area (Å²) in [7, 11) is -2.11. The van der Waals surface area contributed by atoms with Crippen LogP contribution in [0.15, 0.2) is 53.4 Å². The fourth-order valence-electron chi connectivity index (χ4n) is 2.15. The van der Waals surface area contributed by atoms with Gasteiger partial charge in [-0.1, -0.05) is 29.8 Å². The molecule has 5 nitrogen and oxygen atoms in total. The summed E-state index contributed by atoms with van der Waals surface area (Å²) in [4.78, 5) is 11.3. The molecule has 0 aliphatic heterocycles. The Balaban J connectivity index is 2.20. The summed E-state index contributed by atoms with van der Waals surface area (Å²) in [6.45, 7) is 3.81. The van der Waals surface area contributed by atoms with Gasteiger partial charge in [-0.3, -0.25) is 9.52 Å². The minimum Gasteiger partial charge on any atom is -0.356 e. The standard InChI is InChI=1S/C18H20N2O3S/c1-13-4-10-17(14(2)12-13)20-24(22,23)16-8-5-15(6-9-16)7-11-18(21)19-3/h4-12,20H,1-3H3,(H,19,21)/b11-7+. The number of carbonyl (C=O) groups excluding carboxylic acids is 1. The van der Waals surface area contributed by atoms with E-state index >= 15 is 0 Å². The highest BCUT2D eigenvalue weighted by atomic mass is 32.2. The van der Waals surface area contributed by atoms with E-state index in [1.54, 1.807) is 31.3 Å². The molecule has 0 saturated heterocycles. The molecular weight excluding hydrogens is 324 g/mol. The molecule has 0 heterocycles. The number of aryl methyl sites for hydroxylation is 2.